The number of nitrogens with two attached hydrogens (primary N) is 1. The summed E-state index contributed by atoms with van der Waals surface area (Å²) in [6.45, 7) is 5.07. The number of aryl methyl sites for hydroxylation is 1. The van der Waals surface area contributed by atoms with E-state index in [-0.39, 0.29) is 0 Å². The van der Waals surface area contributed by atoms with Gasteiger partial charge in [0.25, 0.3) is 0 Å². The van der Waals surface area contributed by atoms with Crippen LogP contribution in [0.4, 0.5) is 0 Å². The van der Waals surface area contributed by atoms with E-state index in [1.807, 2.05) is 31.5 Å². The number of aromatic nitrogens is 2. The van der Waals surface area contributed by atoms with Crippen LogP contribution in [0.3, 0.4) is 0 Å². The average molecular weight is 308 g/mol. The lowest BCUT2D eigenvalue weighted by Gasteiger charge is -2.25. The van der Waals surface area contributed by atoms with E-state index in [1.165, 1.54) is 0 Å². The van der Waals surface area contributed by atoms with Crippen molar-refractivity contribution in [2.45, 2.75) is 32.4 Å². The molecule has 0 aliphatic carbocycles. The molecular formula is C14H18BrN3. The maximum absolute atomic E-state index is 6.45. The van der Waals surface area contributed by atoms with E-state index in [4.69, 9.17) is 5.73 Å². The highest BCUT2D eigenvalue weighted by atomic mass is 79.9. The number of hydrogen-bond acceptors (Lipinski definition) is 2. The van der Waals surface area contributed by atoms with Gasteiger partial charge in [0.1, 0.15) is 5.82 Å². The molecule has 1 heterocycles. The van der Waals surface area contributed by atoms with Crippen LogP contribution in [0.15, 0.2) is 41.1 Å². The van der Waals surface area contributed by atoms with Crippen molar-refractivity contribution in [1.29, 1.82) is 0 Å². The summed E-state index contributed by atoms with van der Waals surface area (Å²) in [4.78, 5) is 4.39. The molecule has 1 aromatic heterocycles. The van der Waals surface area contributed by atoms with Crippen LogP contribution in [0.1, 0.15) is 25.2 Å². The predicted octanol–water partition coefficient (Wildman–Crippen LogP) is 3.08. The molecule has 0 saturated carbocycles. The zero-order valence-electron chi connectivity index (χ0n) is 10.7. The van der Waals surface area contributed by atoms with Crippen LogP contribution in [-0.4, -0.2) is 9.55 Å². The molecule has 0 saturated heterocycles. The first kappa shape index (κ1) is 13.3. The van der Waals surface area contributed by atoms with Gasteiger partial charge in [-0.05, 0) is 31.5 Å². The second-order valence-corrected chi connectivity index (χ2v) is 5.65. The average Bonchev–Trinajstić information content (AvgIpc) is 2.75. The van der Waals surface area contributed by atoms with Gasteiger partial charge in [-0.2, -0.15) is 0 Å². The fraction of sp³-hybridized carbons (Fsp3) is 0.357. The summed E-state index contributed by atoms with van der Waals surface area (Å²) in [5, 5.41) is 0. The molecule has 96 valence electrons. The van der Waals surface area contributed by atoms with Gasteiger partial charge in [-0.3, -0.25) is 0 Å². The number of rotatable bonds is 4. The summed E-state index contributed by atoms with van der Waals surface area (Å²) in [5.74, 6) is 1.03. The number of nitrogens with zero attached hydrogens (tertiary/aromatic N) is 2. The zero-order chi connectivity index (χ0) is 13.2. The summed E-state index contributed by atoms with van der Waals surface area (Å²) in [6.07, 6.45) is 4.55. The second kappa shape index (κ2) is 5.24. The van der Waals surface area contributed by atoms with E-state index >= 15 is 0 Å². The Labute approximate surface area is 116 Å². The van der Waals surface area contributed by atoms with E-state index in [0.717, 1.165) is 28.8 Å². The molecule has 4 heteroatoms. The van der Waals surface area contributed by atoms with Crippen LogP contribution in [0.2, 0.25) is 0 Å². The molecule has 2 aromatic rings. The predicted molar refractivity (Wildman–Crippen MR) is 77.3 cm³/mol. The third kappa shape index (κ3) is 2.82. The first-order valence-electron chi connectivity index (χ1n) is 6.08. The Morgan fingerprint density at radius 1 is 1.44 bits per heavy atom. The molecular weight excluding hydrogens is 290 g/mol. The van der Waals surface area contributed by atoms with Gasteiger partial charge in [0.2, 0.25) is 0 Å². The van der Waals surface area contributed by atoms with Gasteiger partial charge in [0.15, 0.2) is 0 Å². The van der Waals surface area contributed by atoms with E-state index in [0.29, 0.717) is 0 Å². The highest BCUT2D eigenvalue weighted by Gasteiger charge is 2.24. The van der Waals surface area contributed by atoms with Gasteiger partial charge in [-0.25, -0.2) is 4.98 Å². The molecule has 0 fully saturated rings. The molecule has 0 bridgehead atoms. The van der Waals surface area contributed by atoms with E-state index < -0.39 is 5.54 Å². The van der Waals surface area contributed by atoms with Crippen molar-refractivity contribution in [3.05, 3.63) is 52.5 Å². The van der Waals surface area contributed by atoms with E-state index in [1.54, 1.807) is 0 Å². The molecule has 0 amide bonds. The monoisotopic (exact) mass is 307 g/mol. The van der Waals surface area contributed by atoms with E-state index in [2.05, 4.69) is 44.5 Å². The van der Waals surface area contributed by atoms with Crippen molar-refractivity contribution in [3.8, 4) is 0 Å². The van der Waals surface area contributed by atoms with Gasteiger partial charge < -0.3 is 10.3 Å². The zero-order valence-corrected chi connectivity index (χ0v) is 12.3. The highest BCUT2D eigenvalue weighted by molar-refractivity contribution is 9.10. The van der Waals surface area contributed by atoms with Crippen molar-refractivity contribution in [2.24, 2.45) is 5.73 Å². The van der Waals surface area contributed by atoms with Crippen LogP contribution in [0, 0.1) is 0 Å². The Hall–Kier alpha value is -1.13. The van der Waals surface area contributed by atoms with Gasteiger partial charge in [-0.1, -0.05) is 28.1 Å². The maximum Gasteiger partial charge on any atom is 0.110 e. The molecule has 1 atom stereocenters. The normalized spacial score (nSPS) is 14.4. The first-order valence-corrected chi connectivity index (χ1v) is 6.87. The second-order valence-electron chi connectivity index (χ2n) is 4.73. The minimum Gasteiger partial charge on any atom is -0.335 e. The molecule has 0 spiro atoms. The topological polar surface area (TPSA) is 43.8 Å². The Morgan fingerprint density at radius 2 is 2.22 bits per heavy atom. The Kier molecular flexibility index (Phi) is 3.88. The first-order chi connectivity index (χ1) is 8.53. The lowest BCUT2D eigenvalue weighted by molar-refractivity contribution is 0.465. The van der Waals surface area contributed by atoms with Crippen molar-refractivity contribution in [3.63, 3.8) is 0 Å². The Balaban J connectivity index is 2.26. The fourth-order valence-electron chi connectivity index (χ4n) is 2.07. The smallest absolute Gasteiger partial charge is 0.110 e. The van der Waals surface area contributed by atoms with Crippen molar-refractivity contribution in [1.82, 2.24) is 9.55 Å². The minimum absolute atomic E-state index is 0.415. The molecule has 0 aliphatic heterocycles. The van der Waals surface area contributed by atoms with Crippen LogP contribution in [0.25, 0.3) is 0 Å². The molecule has 18 heavy (non-hydrogen) atoms. The number of halogens is 1. The fourth-order valence-corrected chi connectivity index (χ4v) is 2.47. The molecule has 1 aromatic carbocycles. The van der Waals surface area contributed by atoms with Crippen LogP contribution in [-0.2, 0) is 18.5 Å². The Bertz CT molecular complexity index is 531. The summed E-state index contributed by atoms with van der Waals surface area (Å²) >= 11 is 3.48. The SMILES string of the molecule is CCn1ccnc1CC(C)(N)c1cccc(Br)c1. The summed E-state index contributed by atoms with van der Waals surface area (Å²) in [7, 11) is 0. The van der Waals surface area contributed by atoms with Crippen LogP contribution < -0.4 is 5.73 Å². The van der Waals surface area contributed by atoms with Crippen molar-refractivity contribution in [2.75, 3.05) is 0 Å². The molecule has 0 radical (unpaired) electrons. The number of hydrogen-bond donors (Lipinski definition) is 1. The van der Waals surface area contributed by atoms with Gasteiger partial charge in [0, 0.05) is 35.4 Å². The van der Waals surface area contributed by atoms with Crippen molar-refractivity contribution >= 4 is 15.9 Å². The summed E-state index contributed by atoms with van der Waals surface area (Å²) < 4.78 is 3.18. The van der Waals surface area contributed by atoms with Gasteiger partial charge >= 0.3 is 0 Å². The third-order valence-corrected chi connectivity index (χ3v) is 3.65. The quantitative estimate of drug-likeness (QED) is 0.943. The molecule has 2 N–H and O–H groups in total. The Morgan fingerprint density at radius 3 is 2.89 bits per heavy atom. The maximum atomic E-state index is 6.45. The molecule has 3 nitrogen and oxygen atoms in total. The highest BCUT2D eigenvalue weighted by Crippen LogP contribution is 2.24. The lowest BCUT2D eigenvalue weighted by atomic mass is 9.89. The van der Waals surface area contributed by atoms with E-state index in [9.17, 15) is 0 Å². The summed E-state index contributed by atoms with van der Waals surface area (Å²) in [6, 6.07) is 8.15. The minimum atomic E-state index is -0.415. The van der Waals surface area contributed by atoms with Crippen LogP contribution >= 0.6 is 15.9 Å². The number of imidazole rings is 1. The third-order valence-electron chi connectivity index (χ3n) is 3.15. The molecule has 2 rings (SSSR count). The largest absolute Gasteiger partial charge is 0.335 e. The van der Waals surface area contributed by atoms with Gasteiger partial charge in [-0.15, -0.1) is 0 Å². The van der Waals surface area contributed by atoms with Gasteiger partial charge in [0.05, 0.1) is 0 Å². The standard InChI is InChI=1S/C14H18BrN3/c1-3-18-8-7-17-13(18)10-14(2,16)11-5-4-6-12(15)9-11/h4-9H,3,10,16H2,1-2H3. The van der Waals surface area contributed by atoms with Crippen LogP contribution in [0.5, 0.6) is 0 Å². The molecule has 1 unspecified atom stereocenters. The molecule has 0 aliphatic rings. The van der Waals surface area contributed by atoms with Crippen molar-refractivity contribution < 1.29 is 0 Å². The summed E-state index contributed by atoms with van der Waals surface area (Å²) in [5.41, 5.74) is 7.15. The lowest BCUT2D eigenvalue weighted by Crippen LogP contribution is -2.36. The number of benzene rings is 1.